The Balaban J connectivity index is 2.30. The minimum absolute atomic E-state index is 0.322. The van der Waals surface area contributed by atoms with Crippen molar-refractivity contribution in [2.45, 2.75) is 18.9 Å². The fourth-order valence-corrected chi connectivity index (χ4v) is 1.78. The maximum Gasteiger partial charge on any atom is 0.0594 e. The molecule has 0 aromatic heterocycles. The molecule has 0 spiro atoms. The zero-order valence-corrected chi connectivity index (χ0v) is 6.84. The Labute approximate surface area is 63.4 Å². The molecule has 1 rings (SSSR count). The molecule has 1 heterocycles. The molecule has 1 atom stereocenters. The summed E-state index contributed by atoms with van der Waals surface area (Å²) in [7, 11) is 0. The van der Waals surface area contributed by atoms with E-state index in [1.54, 1.807) is 0 Å². The second-order valence-corrected chi connectivity index (χ2v) is 3.34. The van der Waals surface area contributed by atoms with Gasteiger partial charge < -0.3 is 5.11 Å². The van der Waals surface area contributed by atoms with Crippen LogP contribution in [0.2, 0.25) is 0 Å². The molecule has 1 N–H and O–H groups in total. The summed E-state index contributed by atoms with van der Waals surface area (Å²) in [4.78, 5) is 0. The van der Waals surface area contributed by atoms with Crippen molar-refractivity contribution in [1.29, 1.82) is 0 Å². The molecule has 2 nitrogen and oxygen atoms in total. The van der Waals surface area contributed by atoms with E-state index in [1.807, 2.05) is 0 Å². The lowest BCUT2D eigenvalue weighted by atomic mass is 10.2. The molecular formula is C5H10INO. The molecule has 0 bridgehead atoms. The molecule has 3 heteroatoms. The topological polar surface area (TPSA) is 23.5 Å². The lowest BCUT2D eigenvalue weighted by Gasteiger charge is -2.12. The maximum atomic E-state index is 8.69. The normalized spacial score (nSPS) is 31.5. The third-order valence-corrected chi connectivity index (χ3v) is 2.79. The SMILES string of the molecule is OC[C@@H]1CCCN1I. The van der Waals surface area contributed by atoms with Crippen LogP contribution in [-0.2, 0) is 0 Å². The number of nitrogens with zero attached hydrogens (tertiary/aromatic N) is 1. The predicted molar refractivity (Wildman–Crippen MR) is 40.8 cm³/mol. The molecule has 0 aliphatic carbocycles. The molecule has 48 valence electrons. The number of aliphatic hydroxyl groups excluding tert-OH is 1. The van der Waals surface area contributed by atoms with Crippen molar-refractivity contribution in [2.75, 3.05) is 13.2 Å². The molecule has 0 amide bonds. The summed E-state index contributed by atoms with van der Waals surface area (Å²) in [6.07, 6.45) is 2.41. The second-order valence-electron chi connectivity index (χ2n) is 2.10. The molecule has 1 saturated heterocycles. The van der Waals surface area contributed by atoms with Crippen LogP contribution in [0.25, 0.3) is 0 Å². The molecule has 1 aliphatic heterocycles. The average Bonchev–Trinajstić information content (AvgIpc) is 2.14. The highest BCUT2D eigenvalue weighted by Crippen LogP contribution is 2.19. The molecule has 0 unspecified atom stereocenters. The van der Waals surface area contributed by atoms with Gasteiger partial charge in [-0.15, -0.1) is 0 Å². The van der Waals surface area contributed by atoms with E-state index in [0.717, 1.165) is 6.54 Å². The minimum Gasteiger partial charge on any atom is -0.395 e. The summed E-state index contributed by atoms with van der Waals surface area (Å²) >= 11 is 2.27. The molecule has 0 radical (unpaired) electrons. The lowest BCUT2D eigenvalue weighted by Crippen LogP contribution is -2.22. The number of halogens is 1. The number of aliphatic hydroxyl groups is 1. The van der Waals surface area contributed by atoms with Crippen LogP contribution in [0, 0.1) is 0 Å². The van der Waals surface area contributed by atoms with Crippen molar-refractivity contribution in [3.8, 4) is 0 Å². The summed E-state index contributed by atoms with van der Waals surface area (Å²) in [6.45, 7) is 1.47. The van der Waals surface area contributed by atoms with E-state index in [4.69, 9.17) is 5.11 Å². The lowest BCUT2D eigenvalue weighted by molar-refractivity contribution is 0.229. The fraction of sp³-hybridized carbons (Fsp3) is 1.00. The molecule has 8 heavy (non-hydrogen) atoms. The predicted octanol–water partition coefficient (Wildman–Crippen LogP) is 0.793. The van der Waals surface area contributed by atoms with Crippen molar-refractivity contribution in [1.82, 2.24) is 3.11 Å². The van der Waals surface area contributed by atoms with Gasteiger partial charge in [-0.05, 0) is 12.8 Å². The molecular weight excluding hydrogens is 217 g/mol. The zero-order valence-electron chi connectivity index (χ0n) is 4.68. The van der Waals surface area contributed by atoms with E-state index in [2.05, 4.69) is 26.0 Å². The van der Waals surface area contributed by atoms with Crippen LogP contribution in [0.15, 0.2) is 0 Å². The van der Waals surface area contributed by atoms with Gasteiger partial charge in [-0.2, -0.15) is 0 Å². The fourth-order valence-electron chi connectivity index (χ4n) is 0.980. The number of rotatable bonds is 1. The first kappa shape index (κ1) is 6.77. The van der Waals surface area contributed by atoms with Crippen molar-refractivity contribution in [3.05, 3.63) is 0 Å². The van der Waals surface area contributed by atoms with Gasteiger partial charge in [-0.1, -0.05) is 0 Å². The van der Waals surface area contributed by atoms with Crippen LogP contribution in [0.5, 0.6) is 0 Å². The minimum atomic E-state index is 0.322. The van der Waals surface area contributed by atoms with Crippen molar-refractivity contribution in [3.63, 3.8) is 0 Å². The Morgan fingerprint density at radius 1 is 1.75 bits per heavy atom. The van der Waals surface area contributed by atoms with E-state index < -0.39 is 0 Å². The van der Waals surface area contributed by atoms with E-state index in [-0.39, 0.29) is 0 Å². The summed E-state index contributed by atoms with van der Waals surface area (Å²) in [5, 5.41) is 8.69. The van der Waals surface area contributed by atoms with Crippen LogP contribution >= 0.6 is 22.9 Å². The van der Waals surface area contributed by atoms with E-state index in [1.165, 1.54) is 12.8 Å². The van der Waals surface area contributed by atoms with E-state index >= 15 is 0 Å². The first-order chi connectivity index (χ1) is 3.84. The molecule has 0 aromatic rings. The Kier molecular flexibility index (Phi) is 2.52. The van der Waals surface area contributed by atoms with Gasteiger partial charge in [0, 0.05) is 35.5 Å². The Morgan fingerprint density at radius 3 is 2.75 bits per heavy atom. The third kappa shape index (κ3) is 1.33. The van der Waals surface area contributed by atoms with Crippen molar-refractivity contribution in [2.24, 2.45) is 0 Å². The Bertz CT molecular complexity index is 78.8. The molecule has 0 aromatic carbocycles. The first-order valence-corrected chi connectivity index (χ1v) is 3.84. The highest BCUT2D eigenvalue weighted by molar-refractivity contribution is 14.1. The number of hydrogen-bond donors (Lipinski definition) is 1. The summed E-state index contributed by atoms with van der Waals surface area (Å²) in [5.74, 6) is 0. The van der Waals surface area contributed by atoms with Crippen LogP contribution in [0.1, 0.15) is 12.8 Å². The monoisotopic (exact) mass is 227 g/mol. The smallest absolute Gasteiger partial charge is 0.0594 e. The highest BCUT2D eigenvalue weighted by Gasteiger charge is 2.20. The zero-order chi connectivity index (χ0) is 5.98. The average molecular weight is 227 g/mol. The summed E-state index contributed by atoms with van der Waals surface area (Å²) < 4.78 is 2.18. The van der Waals surface area contributed by atoms with Gasteiger partial charge in [0.2, 0.25) is 0 Å². The standard InChI is InChI=1S/C5H10INO/c6-7-3-1-2-5(7)4-8/h5,8H,1-4H2/t5-/m0/s1. The third-order valence-electron chi connectivity index (χ3n) is 1.52. The largest absolute Gasteiger partial charge is 0.395 e. The van der Waals surface area contributed by atoms with Crippen molar-refractivity contribution < 1.29 is 5.11 Å². The van der Waals surface area contributed by atoms with Gasteiger partial charge in [-0.3, -0.25) is 0 Å². The highest BCUT2D eigenvalue weighted by atomic mass is 127. The van der Waals surface area contributed by atoms with E-state index in [9.17, 15) is 0 Å². The first-order valence-electron chi connectivity index (χ1n) is 2.88. The van der Waals surface area contributed by atoms with E-state index in [0.29, 0.717) is 12.6 Å². The molecule has 1 fully saturated rings. The van der Waals surface area contributed by atoms with Gasteiger partial charge in [0.05, 0.1) is 6.61 Å². The maximum absolute atomic E-state index is 8.69. The van der Waals surface area contributed by atoms with Crippen LogP contribution in [-0.4, -0.2) is 27.4 Å². The number of hydrogen-bond acceptors (Lipinski definition) is 2. The van der Waals surface area contributed by atoms with Crippen molar-refractivity contribution >= 4 is 22.9 Å². The Hall–Kier alpha value is 0.650. The van der Waals surface area contributed by atoms with Gasteiger partial charge in [0.25, 0.3) is 0 Å². The second kappa shape index (κ2) is 2.98. The van der Waals surface area contributed by atoms with Crippen LogP contribution in [0.3, 0.4) is 0 Å². The van der Waals surface area contributed by atoms with Gasteiger partial charge in [0.1, 0.15) is 0 Å². The van der Waals surface area contributed by atoms with Crippen LogP contribution < -0.4 is 0 Å². The van der Waals surface area contributed by atoms with Crippen LogP contribution in [0.4, 0.5) is 0 Å². The van der Waals surface area contributed by atoms with Gasteiger partial charge in [0.15, 0.2) is 0 Å². The Morgan fingerprint density at radius 2 is 2.50 bits per heavy atom. The molecule has 1 aliphatic rings. The quantitative estimate of drug-likeness (QED) is 0.528. The summed E-state index contributed by atoms with van der Waals surface area (Å²) in [5.41, 5.74) is 0. The van der Waals surface area contributed by atoms with Gasteiger partial charge >= 0.3 is 0 Å². The summed E-state index contributed by atoms with van der Waals surface area (Å²) in [6, 6.07) is 0.440. The van der Waals surface area contributed by atoms with Gasteiger partial charge in [-0.25, -0.2) is 3.11 Å². The molecule has 0 saturated carbocycles.